The van der Waals surface area contributed by atoms with Gasteiger partial charge in [-0.25, -0.2) is 4.74 Å². The summed E-state index contributed by atoms with van der Waals surface area (Å²) in [5, 5.41) is 23.6. The van der Waals surface area contributed by atoms with Gasteiger partial charge in [0, 0.05) is 11.1 Å². The summed E-state index contributed by atoms with van der Waals surface area (Å²) in [5.74, 6) is 0. The highest BCUT2D eigenvalue weighted by molar-refractivity contribution is 5.75. The molecule has 0 saturated heterocycles. The minimum absolute atomic E-state index is 0.385. The van der Waals surface area contributed by atoms with Gasteiger partial charge >= 0.3 is 0 Å². The standard InChI is InChI=1S/C14H13NO.H2O2/c16-15(11-13-7-3-1-4-8-13)12-14-9-5-2-6-10-14;1-2/h1-11H,12H2;1-2H/b15-11-;. The van der Waals surface area contributed by atoms with Crippen LogP contribution in [0.25, 0.3) is 0 Å². The van der Waals surface area contributed by atoms with E-state index in [2.05, 4.69) is 0 Å². The number of rotatable bonds is 3. The van der Waals surface area contributed by atoms with E-state index < -0.39 is 0 Å². The number of nitrogens with zero attached hydrogens (tertiary/aromatic N) is 1. The summed E-state index contributed by atoms with van der Waals surface area (Å²) in [4.78, 5) is 0. The summed E-state index contributed by atoms with van der Waals surface area (Å²) in [5.41, 5.74) is 1.94. The SMILES string of the molecule is OO.[O-]/[N+](=C\c1ccccc1)Cc1ccccc1. The first-order chi connectivity index (χ1) is 8.84. The summed E-state index contributed by atoms with van der Waals surface area (Å²) in [7, 11) is 0. The second-order valence-corrected chi connectivity index (χ2v) is 3.60. The van der Waals surface area contributed by atoms with Crippen LogP contribution in [0.5, 0.6) is 0 Å². The molecule has 0 aromatic heterocycles. The molecule has 2 N–H and O–H groups in total. The molecule has 0 amide bonds. The van der Waals surface area contributed by atoms with E-state index in [0.29, 0.717) is 6.54 Å². The van der Waals surface area contributed by atoms with Crippen LogP contribution in [-0.4, -0.2) is 21.5 Å². The molecule has 0 spiro atoms. The van der Waals surface area contributed by atoms with Crippen molar-refractivity contribution >= 4 is 6.21 Å². The van der Waals surface area contributed by atoms with Crippen LogP contribution in [0.2, 0.25) is 0 Å². The van der Waals surface area contributed by atoms with E-state index in [9.17, 15) is 5.21 Å². The van der Waals surface area contributed by atoms with E-state index in [4.69, 9.17) is 10.5 Å². The van der Waals surface area contributed by atoms with Crippen LogP contribution in [0.1, 0.15) is 11.1 Å². The Morgan fingerprint density at radius 2 is 1.39 bits per heavy atom. The van der Waals surface area contributed by atoms with Gasteiger partial charge in [0.05, 0.1) is 0 Å². The van der Waals surface area contributed by atoms with Gasteiger partial charge < -0.3 is 5.21 Å². The molecule has 0 aliphatic carbocycles. The smallest absolute Gasteiger partial charge is 0.182 e. The second-order valence-electron chi connectivity index (χ2n) is 3.60. The van der Waals surface area contributed by atoms with Crippen molar-refractivity contribution in [2.24, 2.45) is 0 Å². The van der Waals surface area contributed by atoms with E-state index in [-0.39, 0.29) is 0 Å². The summed E-state index contributed by atoms with van der Waals surface area (Å²) in [6, 6.07) is 19.3. The third-order valence-electron chi connectivity index (χ3n) is 2.27. The van der Waals surface area contributed by atoms with Gasteiger partial charge in [0.1, 0.15) is 0 Å². The van der Waals surface area contributed by atoms with Gasteiger partial charge in [-0.2, -0.15) is 0 Å². The Labute approximate surface area is 106 Å². The fourth-order valence-corrected chi connectivity index (χ4v) is 1.51. The number of hydroxylamine groups is 1. The molecule has 94 valence electrons. The Bertz CT molecular complexity index is 469. The molecule has 0 atom stereocenters. The largest absolute Gasteiger partial charge is 0.624 e. The first-order valence-corrected chi connectivity index (χ1v) is 5.42. The fraction of sp³-hybridized carbons (Fsp3) is 0.0714. The van der Waals surface area contributed by atoms with Crippen molar-refractivity contribution < 1.29 is 15.3 Å². The maximum atomic E-state index is 11.6. The normalized spacial score (nSPS) is 10.4. The van der Waals surface area contributed by atoms with Crippen molar-refractivity contribution in [3.63, 3.8) is 0 Å². The lowest BCUT2D eigenvalue weighted by atomic mass is 10.2. The Morgan fingerprint density at radius 1 is 0.889 bits per heavy atom. The Hall–Kier alpha value is -2.17. The maximum absolute atomic E-state index is 11.6. The van der Waals surface area contributed by atoms with Crippen molar-refractivity contribution in [1.29, 1.82) is 0 Å². The quantitative estimate of drug-likeness (QED) is 0.287. The van der Waals surface area contributed by atoms with Crippen LogP contribution in [0.15, 0.2) is 60.7 Å². The average molecular weight is 245 g/mol. The molecule has 0 fully saturated rings. The van der Waals surface area contributed by atoms with Crippen LogP contribution in [0, 0.1) is 5.21 Å². The van der Waals surface area contributed by atoms with Gasteiger partial charge in [-0.3, -0.25) is 10.5 Å². The van der Waals surface area contributed by atoms with Crippen molar-refractivity contribution in [2.75, 3.05) is 0 Å². The maximum Gasteiger partial charge on any atom is 0.182 e. The highest BCUT2D eigenvalue weighted by Crippen LogP contribution is 2.00. The zero-order chi connectivity index (χ0) is 13.2. The number of benzene rings is 2. The summed E-state index contributed by atoms with van der Waals surface area (Å²) < 4.78 is 0.949. The Morgan fingerprint density at radius 3 is 1.94 bits per heavy atom. The van der Waals surface area contributed by atoms with Crippen LogP contribution < -0.4 is 0 Å². The predicted octanol–water partition coefficient (Wildman–Crippen LogP) is 2.83. The average Bonchev–Trinajstić information content (AvgIpc) is 2.43. The van der Waals surface area contributed by atoms with Gasteiger partial charge in [-0.15, -0.1) is 0 Å². The molecule has 0 radical (unpaired) electrons. The molecule has 4 heteroatoms. The third-order valence-corrected chi connectivity index (χ3v) is 2.27. The minimum atomic E-state index is 0.385. The fourth-order valence-electron chi connectivity index (χ4n) is 1.51. The molecular formula is C14H15NO3. The van der Waals surface area contributed by atoms with Gasteiger partial charge in [0.15, 0.2) is 12.8 Å². The van der Waals surface area contributed by atoms with E-state index in [1.807, 2.05) is 60.7 Å². The van der Waals surface area contributed by atoms with E-state index >= 15 is 0 Å². The summed E-state index contributed by atoms with van der Waals surface area (Å²) in [6.07, 6.45) is 1.60. The van der Waals surface area contributed by atoms with Gasteiger partial charge in [-0.1, -0.05) is 48.5 Å². The third kappa shape index (κ3) is 4.78. The zero-order valence-electron chi connectivity index (χ0n) is 9.81. The van der Waals surface area contributed by atoms with Gasteiger partial charge in [0.2, 0.25) is 0 Å². The highest BCUT2D eigenvalue weighted by atomic mass is 17.0. The molecule has 4 nitrogen and oxygen atoms in total. The van der Waals surface area contributed by atoms with Crippen molar-refractivity contribution in [1.82, 2.24) is 0 Å². The predicted molar refractivity (Wildman–Crippen MR) is 70.6 cm³/mol. The molecule has 0 bridgehead atoms. The van der Waals surface area contributed by atoms with E-state index in [0.717, 1.165) is 15.9 Å². The molecule has 2 rings (SSSR count). The zero-order valence-corrected chi connectivity index (χ0v) is 9.81. The lowest BCUT2D eigenvalue weighted by Crippen LogP contribution is -2.05. The molecule has 0 aliphatic heterocycles. The van der Waals surface area contributed by atoms with E-state index in [1.54, 1.807) is 6.21 Å². The molecule has 0 aliphatic rings. The number of hydrogen-bond acceptors (Lipinski definition) is 3. The molecule has 0 unspecified atom stereocenters. The van der Waals surface area contributed by atoms with Crippen LogP contribution >= 0.6 is 0 Å². The van der Waals surface area contributed by atoms with E-state index in [1.165, 1.54) is 0 Å². The first-order valence-electron chi connectivity index (χ1n) is 5.42. The van der Waals surface area contributed by atoms with Crippen molar-refractivity contribution in [3.8, 4) is 0 Å². The Balaban J connectivity index is 0.000000771. The molecule has 2 aromatic carbocycles. The lowest BCUT2D eigenvalue weighted by molar-refractivity contribution is -0.469. The monoisotopic (exact) mass is 245 g/mol. The first kappa shape index (κ1) is 13.9. The minimum Gasteiger partial charge on any atom is -0.624 e. The molecule has 2 aromatic rings. The van der Waals surface area contributed by atoms with Crippen LogP contribution in [-0.2, 0) is 6.54 Å². The van der Waals surface area contributed by atoms with Gasteiger partial charge in [0.25, 0.3) is 0 Å². The molecule has 18 heavy (non-hydrogen) atoms. The topological polar surface area (TPSA) is 66.5 Å². The number of hydrogen-bond donors (Lipinski definition) is 2. The van der Waals surface area contributed by atoms with Gasteiger partial charge in [-0.05, 0) is 12.1 Å². The van der Waals surface area contributed by atoms with Crippen LogP contribution in [0.3, 0.4) is 0 Å². The van der Waals surface area contributed by atoms with Crippen molar-refractivity contribution in [2.45, 2.75) is 6.54 Å². The molecule has 0 heterocycles. The summed E-state index contributed by atoms with van der Waals surface area (Å²) >= 11 is 0. The second kappa shape index (κ2) is 8.00. The lowest BCUT2D eigenvalue weighted by Gasteiger charge is -2.03. The van der Waals surface area contributed by atoms with Crippen molar-refractivity contribution in [3.05, 3.63) is 77.0 Å². The molecule has 0 saturated carbocycles. The van der Waals surface area contributed by atoms with Crippen LogP contribution in [0.4, 0.5) is 0 Å². The highest BCUT2D eigenvalue weighted by Gasteiger charge is 1.97. The Kier molecular flexibility index (Phi) is 6.17. The summed E-state index contributed by atoms with van der Waals surface area (Å²) in [6.45, 7) is 0.385. The molecular weight excluding hydrogens is 230 g/mol.